The van der Waals surface area contributed by atoms with E-state index in [1.807, 2.05) is 36.4 Å². The highest BCUT2D eigenvalue weighted by molar-refractivity contribution is 7.86. The summed E-state index contributed by atoms with van der Waals surface area (Å²) >= 11 is 0. The number of rotatable bonds is 4. The van der Waals surface area contributed by atoms with Gasteiger partial charge in [0.25, 0.3) is 0 Å². The number of quaternary nitrogens is 2. The van der Waals surface area contributed by atoms with Crippen molar-refractivity contribution in [1.82, 2.24) is 0 Å². The molecule has 0 bridgehead atoms. The second-order valence-corrected chi connectivity index (χ2v) is 10.2. The van der Waals surface area contributed by atoms with Crippen molar-refractivity contribution in [3.63, 3.8) is 0 Å². The average molecular weight is 511 g/mol. The molecule has 0 spiro atoms. The fourth-order valence-electron chi connectivity index (χ4n) is 2.59. The van der Waals surface area contributed by atoms with Crippen molar-refractivity contribution in [2.75, 3.05) is 11.5 Å². The first kappa shape index (κ1) is 29.0. The Morgan fingerprint density at radius 1 is 0.647 bits per heavy atom. The van der Waals surface area contributed by atoms with E-state index in [2.05, 4.69) is 49.6 Å². The number of anilines is 2. The van der Waals surface area contributed by atoms with Gasteiger partial charge in [-0.15, -0.1) is 0 Å². The third-order valence-electron chi connectivity index (χ3n) is 4.42. The molecule has 3 aromatic rings. The molecule has 10 N–H and O–H groups in total. The molecule has 3 aromatic carbocycles. The van der Waals surface area contributed by atoms with Crippen LogP contribution in [0, 0.1) is 0 Å². The monoisotopic (exact) mass is 510 g/mol. The summed E-state index contributed by atoms with van der Waals surface area (Å²) in [6.45, 7) is 4.19. The van der Waals surface area contributed by atoms with E-state index < -0.39 is 41.4 Å². The molecule has 0 aliphatic heterocycles. The maximum absolute atomic E-state index is 10.7. The molecule has 0 radical (unpaired) electrons. The summed E-state index contributed by atoms with van der Waals surface area (Å²) < 4.78 is 64.0. The molecular formula is C22H30N4O6S2. The van der Waals surface area contributed by atoms with Gasteiger partial charge in [0.1, 0.15) is 32.3 Å². The smallest absolute Gasteiger partial charge is 0.126 e. The van der Waals surface area contributed by atoms with Crippen molar-refractivity contribution < 1.29 is 37.4 Å². The van der Waals surface area contributed by atoms with Crippen LogP contribution in [0.4, 0.5) is 11.4 Å². The third-order valence-corrected chi connectivity index (χ3v) is 6.20. The maximum atomic E-state index is 10.7. The fourth-order valence-corrected chi connectivity index (χ4v) is 3.89. The van der Waals surface area contributed by atoms with E-state index in [1.165, 1.54) is 11.1 Å². The van der Waals surface area contributed by atoms with Crippen LogP contribution in [0.3, 0.4) is 0 Å². The van der Waals surface area contributed by atoms with Crippen LogP contribution >= 0.6 is 0 Å². The minimum atomic E-state index is -4.97. The molecule has 0 saturated heterocycles. The fraction of sp³-hybridized carbons (Fsp3) is 0.182. The first-order valence-electron chi connectivity index (χ1n) is 10.0. The lowest BCUT2D eigenvalue weighted by atomic mass is 10.1. The quantitative estimate of drug-likeness (QED) is 0.287. The van der Waals surface area contributed by atoms with Gasteiger partial charge in [0.05, 0.1) is 21.2 Å². The molecule has 0 saturated carbocycles. The van der Waals surface area contributed by atoms with Crippen LogP contribution in [0.1, 0.15) is 37.1 Å². The highest BCUT2D eigenvalue weighted by Gasteiger charge is 2.14. The van der Waals surface area contributed by atoms with Crippen LogP contribution < -0.4 is 22.9 Å². The Morgan fingerprint density at radius 2 is 0.941 bits per heavy atom. The average Bonchev–Trinajstić information content (AvgIpc) is 2.74. The lowest BCUT2D eigenvalue weighted by molar-refractivity contribution is -0.420. The summed E-state index contributed by atoms with van der Waals surface area (Å²) in [6.07, 6.45) is 0. The van der Waals surface area contributed by atoms with Gasteiger partial charge in [-0.1, -0.05) is 60.7 Å². The number of nitrogen functional groups attached to an aromatic ring is 2. The van der Waals surface area contributed by atoms with Crippen LogP contribution in [0.5, 0.6) is 0 Å². The zero-order valence-corrected chi connectivity index (χ0v) is 20.6. The van der Waals surface area contributed by atoms with Crippen molar-refractivity contribution in [2.45, 2.75) is 35.7 Å². The first-order chi connectivity index (χ1) is 15.6. The Bertz CT molecular complexity index is 1170. The van der Waals surface area contributed by atoms with Crippen molar-refractivity contribution in [1.29, 1.82) is 0 Å². The standard InChI is InChI=1S/2C8H11N.C6H8N2O6S2/c2*1-7(9)8-5-3-2-4-6-8;7-3-1-4(8)6(16(12,13)14)2-5(3)15(9,10)11/h2*2-7H,9H2,1H3;1-2H,7-8H2,(H,9,10,11)(H,12,13,14). The molecule has 0 aliphatic rings. The van der Waals surface area contributed by atoms with Gasteiger partial charge in [-0.25, -0.2) is 16.8 Å². The number of hydrogen-bond donors (Lipinski definition) is 4. The molecular weight excluding hydrogens is 480 g/mol. The maximum Gasteiger partial charge on any atom is 0.126 e. The molecule has 2 atom stereocenters. The van der Waals surface area contributed by atoms with Crippen molar-refractivity contribution in [3.8, 4) is 0 Å². The van der Waals surface area contributed by atoms with Gasteiger partial charge < -0.3 is 32.0 Å². The molecule has 186 valence electrons. The summed E-state index contributed by atoms with van der Waals surface area (Å²) in [7, 11) is -9.93. The van der Waals surface area contributed by atoms with E-state index >= 15 is 0 Å². The minimum absolute atomic E-state index is 0.356. The highest BCUT2D eigenvalue weighted by atomic mass is 32.2. The summed E-state index contributed by atoms with van der Waals surface area (Å²) in [5, 5.41) is 0. The summed E-state index contributed by atoms with van der Waals surface area (Å²) in [5.41, 5.74) is 19.7. The van der Waals surface area contributed by atoms with Crippen LogP contribution in [-0.4, -0.2) is 25.9 Å². The van der Waals surface area contributed by atoms with Crippen LogP contribution in [-0.2, 0) is 20.2 Å². The van der Waals surface area contributed by atoms with E-state index in [-0.39, 0.29) is 0 Å². The Kier molecular flexibility index (Phi) is 10.6. The van der Waals surface area contributed by atoms with E-state index in [0.29, 0.717) is 18.2 Å². The van der Waals surface area contributed by atoms with Crippen LogP contribution in [0.15, 0.2) is 82.6 Å². The number of hydrogen-bond acceptors (Lipinski definition) is 8. The molecule has 2 unspecified atom stereocenters. The Balaban J connectivity index is 0.000000274. The first-order valence-corrected chi connectivity index (χ1v) is 12.8. The van der Waals surface area contributed by atoms with Crippen molar-refractivity contribution in [2.24, 2.45) is 0 Å². The van der Waals surface area contributed by atoms with Crippen LogP contribution in [0.2, 0.25) is 0 Å². The lowest BCUT2D eigenvalue weighted by Crippen LogP contribution is -2.51. The Labute approximate surface area is 200 Å². The van der Waals surface area contributed by atoms with Gasteiger partial charge in [0.15, 0.2) is 0 Å². The van der Waals surface area contributed by atoms with E-state index in [0.717, 1.165) is 6.07 Å². The van der Waals surface area contributed by atoms with Gasteiger partial charge in [-0.2, -0.15) is 0 Å². The molecule has 0 aromatic heterocycles. The second-order valence-electron chi connectivity index (χ2n) is 7.46. The van der Waals surface area contributed by atoms with Gasteiger partial charge in [-0.05, 0) is 26.0 Å². The van der Waals surface area contributed by atoms with E-state index in [1.54, 1.807) is 0 Å². The number of nitrogens with two attached hydrogens (primary N) is 2. The zero-order chi connectivity index (χ0) is 26.1. The molecule has 0 heterocycles. The lowest BCUT2D eigenvalue weighted by Gasteiger charge is -2.15. The van der Waals surface area contributed by atoms with Gasteiger partial charge in [-0.3, -0.25) is 0 Å². The van der Waals surface area contributed by atoms with Gasteiger partial charge in [0.2, 0.25) is 0 Å². The van der Waals surface area contributed by atoms with Crippen molar-refractivity contribution >= 4 is 31.6 Å². The normalized spacial score (nSPS) is 12.9. The zero-order valence-electron chi connectivity index (χ0n) is 18.9. The topological polar surface area (TPSA) is 222 Å². The second kappa shape index (κ2) is 12.5. The summed E-state index contributed by atoms with van der Waals surface area (Å²) in [5.74, 6) is 0. The molecule has 12 heteroatoms. The van der Waals surface area contributed by atoms with Gasteiger partial charge in [0, 0.05) is 11.1 Å². The summed E-state index contributed by atoms with van der Waals surface area (Å²) in [4.78, 5) is -1.98. The molecule has 3 rings (SSSR count). The highest BCUT2D eigenvalue weighted by Crippen LogP contribution is 2.27. The van der Waals surface area contributed by atoms with Gasteiger partial charge >= 0.3 is 0 Å². The largest absolute Gasteiger partial charge is 0.744 e. The van der Waals surface area contributed by atoms with Crippen LogP contribution in [0.25, 0.3) is 0 Å². The van der Waals surface area contributed by atoms with Crippen molar-refractivity contribution in [3.05, 3.63) is 83.9 Å². The molecule has 0 fully saturated rings. The predicted molar refractivity (Wildman–Crippen MR) is 127 cm³/mol. The SMILES string of the molecule is CC([NH3+])c1ccccc1.CC([NH3+])c1ccccc1.Nc1cc(N)c(S(=O)(=O)[O-])cc1S(=O)(=O)[O-]. The van der Waals surface area contributed by atoms with E-state index in [4.69, 9.17) is 11.5 Å². The summed E-state index contributed by atoms with van der Waals surface area (Å²) in [6, 6.07) is 22.5. The number of benzene rings is 3. The molecule has 10 nitrogen and oxygen atoms in total. The molecule has 34 heavy (non-hydrogen) atoms. The molecule has 0 amide bonds. The predicted octanol–water partition coefficient (Wildman–Crippen LogP) is 0.638. The van der Waals surface area contributed by atoms with E-state index in [9.17, 15) is 25.9 Å². The Morgan fingerprint density at radius 3 is 1.15 bits per heavy atom. The third kappa shape index (κ3) is 9.47. The Hall–Kier alpha value is -3.00. The minimum Gasteiger partial charge on any atom is -0.744 e. The molecule has 0 aliphatic carbocycles.